The summed E-state index contributed by atoms with van der Waals surface area (Å²) in [5, 5.41) is 9.92. The number of carbonyl (C=O) groups excluding carboxylic acids is 2. The van der Waals surface area contributed by atoms with Gasteiger partial charge in [-0.1, -0.05) is 0 Å². The molecule has 34 heavy (non-hydrogen) atoms. The minimum Gasteiger partial charge on any atom is -0.362 e. The number of anilines is 3. The summed E-state index contributed by atoms with van der Waals surface area (Å²) < 4.78 is 0. The van der Waals surface area contributed by atoms with Gasteiger partial charge in [-0.25, -0.2) is 15.0 Å². The highest BCUT2D eigenvalue weighted by Gasteiger charge is 2.27. The van der Waals surface area contributed by atoms with Gasteiger partial charge in [-0.2, -0.15) is 5.10 Å². The highest BCUT2D eigenvalue weighted by atomic mass is 16.2. The van der Waals surface area contributed by atoms with E-state index in [-0.39, 0.29) is 11.8 Å². The van der Waals surface area contributed by atoms with Crippen LogP contribution in [0.2, 0.25) is 0 Å². The fourth-order valence-corrected chi connectivity index (χ4v) is 3.94. The Kier molecular flexibility index (Phi) is 5.46. The number of aromatic nitrogens is 5. The molecule has 4 aromatic heterocycles. The second kappa shape index (κ2) is 8.74. The summed E-state index contributed by atoms with van der Waals surface area (Å²) in [4.78, 5) is 42.6. The number of carbonyl (C=O) groups is 2. The minimum atomic E-state index is -0.330. The van der Waals surface area contributed by atoms with Crippen LogP contribution in [0.4, 0.5) is 17.5 Å². The van der Waals surface area contributed by atoms with Gasteiger partial charge in [-0.05, 0) is 48.4 Å². The lowest BCUT2D eigenvalue weighted by atomic mass is 10.1. The zero-order valence-electron chi connectivity index (χ0n) is 18.7. The second-order valence-corrected chi connectivity index (χ2v) is 8.01. The van der Waals surface area contributed by atoms with Crippen molar-refractivity contribution in [2.45, 2.75) is 6.42 Å². The summed E-state index contributed by atoms with van der Waals surface area (Å²) >= 11 is 0. The van der Waals surface area contributed by atoms with Gasteiger partial charge in [-0.15, -0.1) is 0 Å². The van der Waals surface area contributed by atoms with Crippen LogP contribution in [0.15, 0.2) is 61.2 Å². The number of H-pyrrole nitrogens is 1. The summed E-state index contributed by atoms with van der Waals surface area (Å²) in [6.45, 7) is 0.461. The lowest BCUT2D eigenvalue weighted by Gasteiger charge is -2.21. The summed E-state index contributed by atoms with van der Waals surface area (Å²) in [7, 11) is 3.64. The standard InChI is InChI=1S/C24H22N8O2/c1-31(2)21-18(6-4-10-25-21)23(33)29-19-8-7-16(13-27-19)24(34)32-12-9-15-14-28-30-20(15)17-5-3-11-26-22(17)32/h3-8,10-11,13-14H,9,12H2,1-2H3,(H,28,30)(H,27,29,33). The first-order valence-corrected chi connectivity index (χ1v) is 10.7. The fourth-order valence-electron chi connectivity index (χ4n) is 3.94. The molecule has 5 heterocycles. The summed E-state index contributed by atoms with van der Waals surface area (Å²) in [6.07, 6.45) is 7.19. The van der Waals surface area contributed by atoms with Crippen LogP contribution in [0.3, 0.4) is 0 Å². The third kappa shape index (κ3) is 3.85. The van der Waals surface area contributed by atoms with Gasteiger partial charge in [-0.3, -0.25) is 19.6 Å². The van der Waals surface area contributed by atoms with Crippen molar-refractivity contribution in [3.8, 4) is 11.3 Å². The van der Waals surface area contributed by atoms with Crippen LogP contribution >= 0.6 is 0 Å². The highest BCUT2D eigenvalue weighted by molar-refractivity contribution is 6.09. The van der Waals surface area contributed by atoms with Gasteiger partial charge in [0.1, 0.15) is 17.5 Å². The maximum absolute atomic E-state index is 13.4. The van der Waals surface area contributed by atoms with E-state index in [9.17, 15) is 9.59 Å². The predicted molar refractivity (Wildman–Crippen MR) is 128 cm³/mol. The molecule has 0 aromatic carbocycles. The zero-order valence-corrected chi connectivity index (χ0v) is 18.7. The Bertz CT molecular complexity index is 1360. The molecule has 0 radical (unpaired) electrons. The average Bonchev–Trinajstić information content (AvgIpc) is 3.27. The first-order chi connectivity index (χ1) is 16.5. The van der Waals surface area contributed by atoms with Gasteiger partial charge in [0, 0.05) is 44.8 Å². The molecule has 0 atom stereocenters. The van der Waals surface area contributed by atoms with Crippen molar-refractivity contribution in [1.29, 1.82) is 0 Å². The number of pyridine rings is 3. The Morgan fingerprint density at radius 1 is 1.03 bits per heavy atom. The average molecular weight is 454 g/mol. The Morgan fingerprint density at radius 3 is 2.65 bits per heavy atom. The van der Waals surface area contributed by atoms with Gasteiger partial charge in [0.2, 0.25) is 0 Å². The normalized spacial score (nSPS) is 12.4. The third-order valence-corrected chi connectivity index (χ3v) is 5.59. The van der Waals surface area contributed by atoms with Crippen LogP contribution in [0.5, 0.6) is 0 Å². The lowest BCUT2D eigenvalue weighted by Crippen LogP contribution is -2.33. The monoisotopic (exact) mass is 454 g/mol. The molecule has 1 aliphatic rings. The largest absolute Gasteiger partial charge is 0.362 e. The van der Waals surface area contributed by atoms with Crippen molar-refractivity contribution >= 4 is 29.3 Å². The van der Waals surface area contributed by atoms with Crippen LogP contribution in [-0.4, -0.2) is 57.6 Å². The van der Waals surface area contributed by atoms with E-state index in [2.05, 4.69) is 30.5 Å². The molecule has 0 aliphatic carbocycles. The van der Waals surface area contributed by atoms with E-state index in [0.717, 1.165) is 16.8 Å². The molecule has 10 nitrogen and oxygen atoms in total. The molecule has 0 bridgehead atoms. The maximum Gasteiger partial charge on any atom is 0.261 e. The van der Waals surface area contributed by atoms with Gasteiger partial charge in [0.25, 0.3) is 11.8 Å². The molecule has 4 aromatic rings. The van der Waals surface area contributed by atoms with E-state index in [1.807, 2.05) is 26.2 Å². The molecule has 5 rings (SSSR count). The van der Waals surface area contributed by atoms with E-state index in [0.29, 0.717) is 41.5 Å². The van der Waals surface area contributed by atoms with Crippen molar-refractivity contribution in [2.75, 3.05) is 35.8 Å². The van der Waals surface area contributed by atoms with Crippen LogP contribution in [0.25, 0.3) is 11.3 Å². The van der Waals surface area contributed by atoms with E-state index >= 15 is 0 Å². The number of rotatable bonds is 4. The number of aromatic amines is 1. The Labute approximate surface area is 195 Å². The van der Waals surface area contributed by atoms with Gasteiger partial charge < -0.3 is 10.2 Å². The smallest absolute Gasteiger partial charge is 0.261 e. The molecule has 0 fully saturated rings. The lowest BCUT2D eigenvalue weighted by molar-refractivity contribution is 0.0985. The van der Waals surface area contributed by atoms with Crippen LogP contribution in [0, 0.1) is 0 Å². The molecule has 0 saturated carbocycles. The number of fused-ring (bicyclic) bond motifs is 3. The van der Waals surface area contributed by atoms with Crippen LogP contribution in [-0.2, 0) is 6.42 Å². The van der Waals surface area contributed by atoms with E-state index in [1.54, 1.807) is 52.7 Å². The SMILES string of the molecule is CN(C)c1ncccc1C(=O)Nc1ccc(C(=O)N2CCc3cn[nH]c3-c3cccnc32)cn1. The quantitative estimate of drug-likeness (QED) is 0.486. The number of nitrogens with zero attached hydrogens (tertiary/aromatic N) is 6. The summed E-state index contributed by atoms with van der Waals surface area (Å²) in [5.74, 6) is 0.916. The third-order valence-electron chi connectivity index (χ3n) is 5.59. The van der Waals surface area contributed by atoms with Gasteiger partial charge in [0.15, 0.2) is 0 Å². The summed E-state index contributed by atoms with van der Waals surface area (Å²) in [6, 6.07) is 10.4. The Balaban J connectivity index is 1.37. The van der Waals surface area contributed by atoms with E-state index in [1.165, 1.54) is 6.20 Å². The topological polar surface area (TPSA) is 120 Å². The highest BCUT2D eigenvalue weighted by Crippen LogP contribution is 2.33. The Hall–Kier alpha value is -4.60. The van der Waals surface area contributed by atoms with Gasteiger partial charge in [0.05, 0.1) is 23.0 Å². The van der Waals surface area contributed by atoms with Crippen molar-refractivity contribution in [3.63, 3.8) is 0 Å². The minimum absolute atomic E-state index is 0.217. The molecular formula is C24H22N8O2. The first-order valence-electron chi connectivity index (χ1n) is 10.7. The molecule has 10 heteroatoms. The second-order valence-electron chi connectivity index (χ2n) is 8.01. The molecule has 0 spiro atoms. The van der Waals surface area contributed by atoms with Gasteiger partial charge >= 0.3 is 0 Å². The zero-order chi connectivity index (χ0) is 23.7. The predicted octanol–water partition coefficient (Wildman–Crippen LogP) is 2.78. The van der Waals surface area contributed by atoms with Crippen LogP contribution in [0.1, 0.15) is 26.3 Å². The molecule has 0 saturated heterocycles. The van der Waals surface area contributed by atoms with E-state index in [4.69, 9.17) is 0 Å². The number of nitrogens with one attached hydrogen (secondary N) is 2. The summed E-state index contributed by atoms with van der Waals surface area (Å²) in [5.41, 5.74) is 3.56. The van der Waals surface area contributed by atoms with E-state index < -0.39 is 0 Å². The Morgan fingerprint density at radius 2 is 1.85 bits per heavy atom. The molecule has 2 amide bonds. The molecule has 1 aliphatic heterocycles. The number of hydrogen-bond acceptors (Lipinski definition) is 7. The molecule has 170 valence electrons. The van der Waals surface area contributed by atoms with Crippen molar-refractivity contribution < 1.29 is 9.59 Å². The first kappa shape index (κ1) is 21.3. The fraction of sp³-hybridized carbons (Fsp3) is 0.167. The molecular weight excluding hydrogens is 432 g/mol. The van der Waals surface area contributed by atoms with Crippen LogP contribution < -0.4 is 15.1 Å². The maximum atomic E-state index is 13.4. The van der Waals surface area contributed by atoms with Crippen molar-refractivity contribution in [3.05, 3.63) is 77.9 Å². The van der Waals surface area contributed by atoms with Crippen molar-refractivity contribution in [1.82, 2.24) is 25.1 Å². The molecule has 2 N–H and O–H groups in total. The van der Waals surface area contributed by atoms with Crippen molar-refractivity contribution in [2.24, 2.45) is 0 Å². The molecule has 0 unspecified atom stereocenters. The number of amides is 2. The number of hydrogen-bond donors (Lipinski definition) is 2.